The predicted octanol–water partition coefficient (Wildman–Crippen LogP) is 3.78. The minimum atomic E-state index is -0.0282. The lowest BCUT2D eigenvalue weighted by molar-refractivity contribution is -0.0708. The fourth-order valence-corrected chi connectivity index (χ4v) is 3.80. The summed E-state index contributed by atoms with van der Waals surface area (Å²) >= 11 is 0. The fourth-order valence-electron chi connectivity index (χ4n) is 3.80. The average molecular weight is 239 g/mol. The minimum Gasteiger partial charge on any atom is -0.372 e. The quantitative estimate of drug-likeness (QED) is 0.810. The van der Waals surface area contributed by atoms with Crippen LogP contribution in [0.2, 0.25) is 0 Å². The molecule has 0 aromatic carbocycles. The van der Waals surface area contributed by atoms with Crippen LogP contribution in [0.15, 0.2) is 0 Å². The highest BCUT2D eigenvalue weighted by molar-refractivity contribution is 4.94. The summed E-state index contributed by atoms with van der Waals surface area (Å²) in [6.45, 7) is 4.40. The topological polar surface area (TPSA) is 35.2 Å². The molecule has 1 saturated heterocycles. The largest absolute Gasteiger partial charge is 0.372 e. The molecule has 2 rings (SSSR count). The van der Waals surface area contributed by atoms with Crippen LogP contribution >= 0.6 is 0 Å². The van der Waals surface area contributed by atoms with Gasteiger partial charge in [0, 0.05) is 5.54 Å². The van der Waals surface area contributed by atoms with E-state index in [9.17, 15) is 0 Å². The summed E-state index contributed by atoms with van der Waals surface area (Å²) in [4.78, 5) is 0. The Hall–Kier alpha value is -0.0800. The van der Waals surface area contributed by atoms with Crippen molar-refractivity contribution in [3.05, 3.63) is 0 Å². The van der Waals surface area contributed by atoms with Crippen molar-refractivity contribution in [3.63, 3.8) is 0 Å². The van der Waals surface area contributed by atoms with Crippen LogP contribution in [0.5, 0.6) is 0 Å². The number of ether oxygens (including phenoxy) is 1. The molecule has 1 saturated carbocycles. The molecular formula is C15H29NO. The molecule has 0 aromatic rings. The molecule has 1 spiro atoms. The van der Waals surface area contributed by atoms with Gasteiger partial charge in [-0.05, 0) is 45.4 Å². The van der Waals surface area contributed by atoms with Crippen LogP contribution in [0.25, 0.3) is 0 Å². The van der Waals surface area contributed by atoms with E-state index >= 15 is 0 Å². The van der Waals surface area contributed by atoms with Crippen LogP contribution in [0, 0.1) is 0 Å². The fraction of sp³-hybridized carbons (Fsp3) is 1.00. The van der Waals surface area contributed by atoms with Gasteiger partial charge in [0.1, 0.15) is 0 Å². The van der Waals surface area contributed by atoms with Gasteiger partial charge in [-0.15, -0.1) is 0 Å². The molecule has 100 valence electrons. The Labute approximate surface area is 106 Å². The van der Waals surface area contributed by atoms with Gasteiger partial charge in [-0.1, -0.05) is 32.6 Å². The summed E-state index contributed by atoms with van der Waals surface area (Å²) in [6, 6.07) is 0. The van der Waals surface area contributed by atoms with Crippen LogP contribution in [0.3, 0.4) is 0 Å². The van der Waals surface area contributed by atoms with Gasteiger partial charge in [-0.3, -0.25) is 0 Å². The molecule has 2 unspecified atom stereocenters. The van der Waals surface area contributed by atoms with Crippen molar-refractivity contribution in [1.29, 1.82) is 0 Å². The molecule has 2 N–H and O–H groups in total. The minimum absolute atomic E-state index is 0.0282. The molecule has 2 nitrogen and oxygen atoms in total. The maximum atomic E-state index is 6.39. The molecule has 2 aliphatic rings. The van der Waals surface area contributed by atoms with Gasteiger partial charge in [-0.2, -0.15) is 0 Å². The monoisotopic (exact) mass is 239 g/mol. The Balaban J connectivity index is 1.85. The van der Waals surface area contributed by atoms with Crippen LogP contribution < -0.4 is 5.73 Å². The third kappa shape index (κ3) is 3.45. The van der Waals surface area contributed by atoms with Gasteiger partial charge in [0.2, 0.25) is 0 Å². The van der Waals surface area contributed by atoms with Crippen molar-refractivity contribution in [1.82, 2.24) is 0 Å². The standard InChI is InChI=1S/C15H29NO/c1-3-8-14(2,16)12-13-7-11-15(17-13)9-5-4-6-10-15/h13H,3-12,16H2,1-2H3. The first-order valence-corrected chi connectivity index (χ1v) is 7.52. The third-order valence-corrected chi connectivity index (χ3v) is 4.62. The molecule has 2 heteroatoms. The lowest BCUT2D eigenvalue weighted by atomic mass is 9.82. The normalized spacial score (nSPS) is 31.6. The highest BCUT2D eigenvalue weighted by Crippen LogP contribution is 2.43. The zero-order valence-corrected chi connectivity index (χ0v) is 11.6. The molecule has 2 fully saturated rings. The average Bonchev–Trinajstić information content (AvgIpc) is 2.61. The highest BCUT2D eigenvalue weighted by Gasteiger charge is 2.42. The summed E-state index contributed by atoms with van der Waals surface area (Å²) in [5.41, 5.74) is 6.57. The number of hydrogen-bond donors (Lipinski definition) is 1. The zero-order chi connectivity index (χ0) is 12.4. The van der Waals surface area contributed by atoms with Crippen LogP contribution in [0.4, 0.5) is 0 Å². The van der Waals surface area contributed by atoms with E-state index in [4.69, 9.17) is 10.5 Å². The van der Waals surface area contributed by atoms with E-state index in [2.05, 4.69) is 13.8 Å². The van der Waals surface area contributed by atoms with Gasteiger partial charge >= 0.3 is 0 Å². The second kappa shape index (κ2) is 5.27. The van der Waals surface area contributed by atoms with Gasteiger partial charge in [0.05, 0.1) is 11.7 Å². The molecule has 1 heterocycles. The van der Waals surface area contributed by atoms with Crippen LogP contribution in [-0.4, -0.2) is 17.2 Å². The summed E-state index contributed by atoms with van der Waals surface area (Å²) in [5, 5.41) is 0. The highest BCUT2D eigenvalue weighted by atomic mass is 16.5. The van der Waals surface area contributed by atoms with Gasteiger partial charge in [-0.25, -0.2) is 0 Å². The van der Waals surface area contributed by atoms with Crippen molar-refractivity contribution < 1.29 is 4.74 Å². The summed E-state index contributed by atoms with van der Waals surface area (Å²) in [7, 11) is 0. The molecule has 17 heavy (non-hydrogen) atoms. The van der Waals surface area contributed by atoms with Crippen molar-refractivity contribution in [2.45, 2.75) is 95.3 Å². The summed E-state index contributed by atoms with van der Waals surface area (Å²) in [5.74, 6) is 0. The number of nitrogens with two attached hydrogens (primary N) is 1. The molecular weight excluding hydrogens is 210 g/mol. The Morgan fingerprint density at radius 2 is 1.94 bits per heavy atom. The summed E-state index contributed by atoms with van der Waals surface area (Å²) < 4.78 is 6.39. The van der Waals surface area contributed by atoms with Crippen LogP contribution in [0.1, 0.15) is 78.1 Å². The summed E-state index contributed by atoms with van der Waals surface area (Å²) in [6.07, 6.45) is 13.0. The van der Waals surface area contributed by atoms with Gasteiger partial charge in [0.25, 0.3) is 0 Å². The van der Waals surface area contributed by atoms with Gasteiger partial charge in [0.15, 0.2) is 0 Å². The van der Waals surface area contributed by atoms with Gasteiger partial charge < -0.3 is 10.5 Å². The second-order valence-electron chi connectivity index (χ2n) is 6.63. The van der Waals surface area contributed by atoms with E-state index in [1.54, 1.807) is 0 Å². The van der Waals surface area contributed by atoms with E-state index in [1.165, 1.54) is 51.4 Å². The lowest BCUT2D eigenvalue weighted by Crippen LogP contribution is -2.40. The Bertz CT molecular complexity index is 243. The number of rotatable bonds is 4. The Morgan fingerprint density at radius 1 is 1.24 bits per heavy atom. The molecule has 2 atom stereocenters. The first kappa shape index (κ1) is 13.4. The number of hydrogen-bond acceptors (Lipinski definition) is 2. The molecule has 1 aliphatic heterocycles. The van der Waals surface area contributed by atoms with E-state index < -0.39 is 0 Å². The maximum Gasteiger partial charge on any atom is 0.0687 e. The smallest absolute Gasteiger partial charge is 0.0687 e. The van der Waals surface area contributed by atoms with Crippen molar-refractivity contribution in [3.8, 4) is 0 Å². The third-order valence-electron chi connectivity index (χ3n) is 4.62. The predicted molar refractivity (Wildman–Crippen MR) is 72.0 cm³/mol. The van der Waals surface area contributed by atoms with E-state index in [1.807, 2.05) is 0 Å². The molecule has 0 bridgehead atoms. The van der Waals surface area contributed by atoms with Crippen molar-refractivity contribution in [2.24, 2.45) is 5.73 Å². The second-order valence-corrected chi connectivity index (χ2v) is 6.63. The lowest BCUT2D eigenvalue weighted by Gasteiger charge is -2.35. The molecule has 0 amide bonds. The first-order chi connectivity index (χ1) is 8.05. The van der Waals surface area contributed by atoms with E-state index in [0.29, 0.717) is 6.10 Å². The van der Waals surface area contributed by atoms with Crippen molar-refractivity contribution >= 4 is 0 Å². The van der Waals surface area contributed by atoms with E-state index in [-0.39, 0.29) is 11.1 Å². The van der Waals surface area contributed by atoms with Crippen molar-refractivity contribution in [2.75, 3.05) is 0 Å². The Kier molecular flexibility index (Phi) is 4.14. The Morgan fingerprint density at radius 3 is 2.59 bits per heavy atom. The van der Waals surface area contributed by atoms with Crippen LogP contribution in [-0.2, 0) is 4.74 Å². The van der Waals surface area contributed by atoms with E-state index in [0.717, 1.165) is 12.8 Å². The molecule has 0 radical (unpaired) electrons. The molecule has 0 aromatic heterocycles. The molecule has 1 aliphatic carbocycles. The maximum absolute atomic E-state index is 6.39. The zero-order valence-electron chi connectivity index (χ0n) is 11.6. The first-order valence-electron chi connectivity index (χ1n) is 7.52. The SMILES string of the molecule is CCCC(C)(N)CC1CCC2(CCCCC2)O1.